The van der Waals surface area contributed by atoms with Crippen LogP contribution in [-0.4, -0.2) is 56.9 Å². The Morgan fingerprint density at radius 3 is 2.35 bits per heavy atom. The number of benzene rings is 1. The second kappa shape index (κ2) is 9.23. The van der Waals surface area contributed by atoms with E-state index in [1.165, 1.54) is 30.3 Å². The summed E-state index contributed by atoms with van der Waals surface area (Å²) in [6.07, 6.45) is -3.00. The Morgan fingerprint density at radius 1 is 1.06 bits per heavy atom. The number of amides is 1. The molecule has 0 aliphatic carbocycles. The molecule has 0 atom stereocenters. The number of aromatic nitrogens is 1. The third-order valence-corrected chi connectivity index (χ3v) is 6.49. The monoisotopic (exact) mass is 456 g/mol. The van der Waals surface area contributed by atoms with Crippen molar-refractivity contribution in [1.82, 2.24) is 14.6 Å². The molecule has 7 nitrogen and oxygen atoms in total. The van der Waals surface area contributed by atoms with E-state index in [0.717, 1.165) is 12.3 Å². The van der Waals surface area contributed by atoms with Gasteiger partial charge in [-0.3, -0.25) is 4.79 Å². The summed E-state index contributed by atoms with van der Waals surface area (Å²) in [5, 5.41) is 0. The van der Waals surface area contributed by atoms with Gasteiger partial charge in [-0.05, 0) is 42.8 Å². The molecule has 1 aliphatic rings. The summed E-state index contributed by atoms with van der Waals surface area (Å²) in [6, 6.07) is 8.07. The molecule has 3 rings (SSSR count). The van der Waals surface area contributed by atoms with Crippen LogP contribution < -0.4 is 9.62 Å². The minimum absolute atomic E-state index is 0.0846. The number of hydrogen-bond acceptors (Lipinski definition) is 5. The van der Waals surface area contributed by atoms with Crippen molar-refractivity contribution in [1.29, 1.82) is 0 Å². The first-order valence-corrected chi connectivity index (χ1v) is 11.3. The number of halogens is 3. The maximum atomic E-state index is 12.8. The van der Waals surface area contributed by atoms with Crippen molar-refractivity contribution >= 4 is 21.7 Å². The van der Waals surface area contributed by atoms with Gasteiger partial charge in [0.1, 0.15) is 5.82 Å². The van der Waals surface area contributed by atoms with Gasteiger partial charge in [-0.15, -0.1) is 0 Å². The van der Waals surface area contributed by atoms with Crippen LogP contribution in [0.3, 0.4) is 0 Å². The second-order valence-corrected chi connectivity index (χ2v) is 8.83. The highest BCUT2D eigenvalue weighted by atomic mass is 32.2. The molecule has 2 heterocycles. The fourth-order valence-electron chi connectivity index (χ4n) is 3.32. The minimum atomic E-state index is -4.44. The fourth-order valence-corrected chi connectivity index (χ4v) is 4.36. The molecule has 1 fully saturated rings. The zero-order valence-corrected chi connectivity index (χ0v) is 17.7. The van der Waals surface area contributed by atoms with Crippen molar-refractivity contribution in [3.05, 3.63) is 53.7 Å². The summed E-state index contributed by atoms with van der Waals surface area (Å²) < 4.78 is 64.6. The molecule has 0 radical (unpaired) electrons. The largest absolute Gasteiger partial charge is 0.417 e. The lowest BCUT2D eigenvalue weighted by molar-refractivity contribution is -0.137. The molecule has 31 heavy (non-hydrogen) atoms. The fraction of sp³-hybridized carbons (Fsp3) is 0.400. The van der Waals surface area contributed by atoms with E-state index < -0.39 is 21.8 Å². The van der Waals surface area contributed by atoms with Gasteiger partial charge in [0.15, 0.2) is 0 Å². The van der Waals surface area contributed by atoms with E-state index in [0.29, 0.717) is 44.0 Å². The molecule has 1 aliphatic heterocycles. The molecule has 168 valence electrons. The predicted octanol–water partition coefficient (Wildman–Crippen LogP) is 2.75. The smallest absolute Gasteiger partial charge is 0.355 e. The van der Waals surface area contributed by atoms with Crippen LogP contribution in [0.15, 0.2) is 47.5 Å². The lowest BCUT2D eigenvalue weighted by Crippen LogP contribution is -2.35. The first-order valence-electron chi connectivity index (χ1n) is 9.79. The Bertz CT molecular complexity index is 1010. The summed E-state index contributed by atoms with van der Waals surface area (Å²) in [5.41, 5.74) is -0.431. The number of carbonyl (C=O) groups is 1. The van der Waals surface area contributed by atoms with Crippen molar-refractivity contribution in [2.75, 3.05) is 37.6 Å². The molecular weight excluding hydrogens is 433 g/mol. The maximum Gasteiger partial charge on any atom is 0.417 e. The van der Waals surface area contributed by atoms with Crippen molar-refractivity contribution in [2.24, 2.45) is 0 Å². The third kappa shape index (κ3) is 5.53. The van der Waals surface area contributed by atoms with Crippen molar-refractivity contribution in [3.8, 4) is 0 Å². The van der Waals surface area contributed by atoms with Gasteiger partial charge >= 0.3 is 6.18 Å². The molecule has 1 amide bonds. The zero-order valence-electron chi connectivity index (χ0n) is 16.9. The van der Waals surface area contributed by atoms with E-state index in [9.17, 15) is 26.4 Å². The van der Waals surface area contributed by atoms with Crippen molar-refractivity contribution in [3.63, 3.8) is 0 Å². The number of nitrogens with one attached hydrogen (secondary N) is 1. The topological polar surface area (TPSA) is 82.6 Å². The Balaban J connectivity index is 1.66. The van der Waals surface area contributed by atoms with Gasteiger partial charge in [-0.2, -0.15) is 13.2 Å². The number of hydrogen-bond donors (Lipinski definition) is 1. The summed E-state index contributed by atoms with van der Waals surface area (Å²) >= 11 is 0. The highest BCUT2D eigenvalue weighted by Gasteiger charge is 2.31. The standard InChI is InChI=1S/C20H23F3N4O3S/c1-2-25-31(29,30)17-7-4-15(5-8-17)19(28)27-11-3-10-26(12-13-27)18-9-6-16(14-24-18)20(21,22)23/h4-9,14,25H,2-3,10-13H2,1H3. The molecule has 1 aromatic heterocycles. The van der Waals surface area contributed by atoms with Gasteiger partial charge in [0.2, 0.25) is 10.0 Å². The highest BCUT2D eigenvalue weighted by Crippen LogP contribution is 2.29. The Kier molecular flexibility index (Phi) is 6.85. The average Bonchev–Trinajstić information content (AvgIpc) is 2.99. The number of anilines is 1. The van der Waals surface area contributed by atoms with Crippen molar-refractivity contribution < 1.29 is 26.4 Å². The minimum Gasteiger partial charge on any atom is -0.355 e. The molecule has 0 bridgehead atoms. The van der Waals surface area contributed by atoms with Gasteiger partial charge in [-0.25, -0.2) is 18.1 Å². The van der Waals surface area contributed by atoms with Crippen LogP contribution in [0.5, 0.6) is 0 Å². The maximum absolute atomic E-state index is 12.8. The molecule has 1 saturated heterocycles. The van der Waals surface area contributed by atoms with Crippen LogP contribution in [0, 0.1) is 0 Å². The molecule has 0 unspecified atom stereocenters. The summed E-state index contributed by atoms with van der Waals surface area (Å²) in [5.74, 6) is 0.204. The lowest BCUT2D eigenvalue weighted by Gasteiger charge is -2.23. The van der Waals surface area contributed by atoms with Crippen molar-refractivity contribution in [2.45, 2.75) is 24.4 Å². The number of nitrogens with zero attached hydrogens (tertiary/aromatic N) is 3. The van der Waals surface area contributed by atoms with E-state index in [1.54, 1.807) is 11.8 Å². The van der Waals surface area contributed by atoms with Gasteiger partial charge in [-0.1, -0.05) is 6.92 Å². The predicted molar refractivity (Wildman–Crippen MR) is 109 cm³/mol. The van der Waals surface area contributed by atoms with E-state index in [1.807, 2.05) is 4.90 Å². The molecule has 1 N–H and O–H groups in total. The highest BCUT2D eigenvalue weighted by molar-refractivity contribution is 7.89. The normalized spacial score (nSPS) is 15.6. The molecule has 2 aromatic rings. The average molecular weight is 456 g/mol. The molecule has 0 spiro atoms. The van der Waals surface area contributed by atoms with Crippen LogP contribution >= 0.6 is 0 Å². The Morgan fingerprint density at radius 2 is 1.77 bits per heavy atom. The lowest BCUT2D eigenvalue weighted by atomic mass is 10.2. The number of carbonyl (C=O) groups excluding carboxylic acids is 1. The van der Waals surface area contributed by atoms with Gasteiger partial charge in [0.05, 0.1) is 10.5 Å². The van der Waals surface area contributed by atoms with Crippen LogP contribution in [0.25, 0.3) is 0 Å². The van der Waals surface area contributed by atoms with E-state index in [4.69, 9.17) is 0 Å². The summed E-state index contributed by atoms with van der Waals surface area (Å²) in [7, 11) is -3.59. The first kappa shape index (κ1) is 23.0. The first-order chi connectivity index (χ1) is 14.6. The quantitative estimate of drug-likeness (QED) is 0.748. The zero-order chi connectivity index (χ0) is 22.6. The van der Waals surface area contributed by atoms with E-state index in [2.05, 4.69) is 9.71 Å². The SMILES string of the molecule is CCNS(=O)(=O)c1ccc(C(=O)N2CCCN(c3ccc(C(F)(F)F)cn3)CC2)cc1. The second-order valence-electron chi connectivity index (χ2n) is 7.06. The van der Waals surface area contributed by atoms with Gasteiger partial charge in [0.25, 0.3) is 5.91 Å². The Labute approximate surface area is 178 Å². The molecule has 1 aromatic carbocycles. The Hall–Kier alpha value is -2.66. The number of rotatable bonds is 5. The van der Waals surface area contributed by atoms with Gasteiger partial charge < -0.3 is 9.80 Å². The number of alkyl halides is 3. The molecular formula is C20H23F3N4O3S. The third-order valence-electron chi connectivity index (χ3n) is 4.93. The summed E-state index contributed by atoms with van der Waals surface area (Å²) in [6.45, 7) is 3.78. The van der Waals surface area contributed by atoms with Gasteiger partial charge in [0, 0.05) is 44.5 Å². The van der Waals surface area contributed by atoms with Crippen LogP contribution in [0.2, 0.25) is 0 Å². The van der Waals surface area contributed by atoms with Crippen LogP contribution in [-0.2, 0) is 16.2 Å². The van der Waals surface area contributed by atoms with E-state index in [-0.39, 0.29) is 17.3 Å². The summed E-state index contributed by atoms with van der Waals surface area (Å²) in [4.78, 5) is 20.3. The molecule has 0 saturated carbocycles. The van der Waals surface area contributed by atoms with Crippen LogP contribution in [0.1, 0.15) is 29.3 Å². The van der Waals surface area contributed by atoms with Crippen LogP contribution in [0.4, 0.5) is 19.0 Å². The number of pyridine rings is 1. The number of sulfonamides is 1. The molecule has 11 heteroatoms. The van der Waals surface area contributed by atoms with E-state index >= 15 is 0 Å².